The molecule has 0 aliphatic heterocycles. The minimum Gasteiger partial charge on any atom is -0.348 e. The number of aromatic nitrogens is 1. The largest absolute Gasteiger partial charge is 0.348 e. The van der Waals surface area contributed by atoms with Crippen LogP contribution < -0.4 is 10.6 Å². The van der Waals surface area contributed by atoms with Crippen molar-refractivity contribution in [1.82, 2.24) is 15.6 Å². The quantitative estimate of drug-likeness (QED) is 0.634. The lowest BCUT2D eigenvalue weighted by molar-refractivity contribution is 0.0935. The van der Waals surface area contributed by atoms with E-state index in [1.54, 1.807) is 30.3 Å². The van der Waals surface area contributed by atoms with Gasteiger partial charge in [-0.1, -0.05) is 47.5 Å². The highest BCUT2D eigenvalue weighted by molar-refractivity contribution is 6.30. The van der Waals surface area contributed by atoms with Gasteiger partial charge in [-0.2, -0.15) is 0 Å². The minimum absolute atomic E-state index is 0.239. The van der Waals surface area contributed by atoms with E-state index in [0.29, 0.717) is 28.7 Å². The van der Waals surface area contributed by atoms with E-state index in [2.05, 4.69) is 15.6 Å². The molecule has 28 heavy (non-hydrogen) atoms. The van der Waals surface area contributed by atoms with Crippen LogP contribution in [0.15, 0.2) is 66.9 Å². The van der Waals surface area contributed by atoms with Crippen LogP contribution in [0.1, 0.15) is 32.0 Å². The van der Waals surface area contributed by atoms with Crippen LogP contribution in [0.2, 0.25) is 10.0 Å². The molecule has 3 rings (SSSR count). The molecule has 142 valence electrons. The molecule has 1 heterocycles. The van der Waals surface area contributed by atoms with Crippen LogP contribution in [0.4, 0.5) is 0 Å². The topological polar surface area (TPSA) is 71.1 Å². The molecule has 0 saturated carbocycles. The maximum atomic E-state index is 12.2. The van der Waals surface area contributed by atoms with Crippen LogP contribution in [-0.4, -0.2) is 16.8 Å². The second-order valence-electron chi connectivity index (χ2n) is 6.05. The number of halogens is 2. The normalized spacial score (nSPS) is 10.4. The zero-order valence-electron chi connectivity index (χ0n) is 14.8. The first-order chi connectivity index (χ1) is 13.5. The lowest BCUT2D eigenvalue weighted by Gasteiger charge is -2.07. The molecule has 0 saturated heterocycles. The molecule has 3 aromatic rings. The third-order valence-corrected chi connectivity index (χ3v) is 4.49. The highest BCUT2D eigenvalue weighted by atomic mass is 35.5. The number of amides is 2. The van der Waals surface area contributed by atoms with Crippen molar-refractivity contribution in [2.24, 2.45) is 0 Å². The molecule has 2 amide bonds. The molecule has 1 aromatic heterocycles. The second kappa shape index (κ2) is 9.35. The monoisotopic (exact) mass is 413 g/mol. The summed E-state index contributed by atoms with van der Waals surface area (Å²) in [5, 5.41) is 6.86. The number of nitrogens with one attached hydrogen (secondary N) is 2. The van der Waals surface area contributed by atoms with Crippen LogP contribution in [0.25, 0.3) is 0 Å². The zero-order valence-corrected chi connectivity index (χ0v) is 16.3. The predicted octanol–water partition coefficient (Wildman–Crippen LogP) is 4.25. The van der Waals surface area contributed by atoms with Gasteiger partial charge in [-0.25, -0.2) is 0 Å². The van der Waals surface area contributed by atoms with E-state index in [9.17, 15) is 9.59 Å². The zero-order chi connectivity index (χ0) is 19.9. The first kappa shape index (κ1) is 19.9. The van der Waals surface area contributed by atoms with Gasteiger partial charge in [-0.05, 0) is 47.5 Å². The maximum absolute atomic E-state index is 12.2. The van der Waals surface area contributed by atoms with Crippen molar-refractivity contribution in [2.45, 2.75) is 13.1 Å². The predicted molar refractivity (Wildman–Crippen MR) is 109 cm³/mol. The number of carbonyl (C=O) groups is 2. The van der Waals surface area contributed by atoms with Crippen molar-refractivity contribution >= 4 is 35.0 Å². The van der Waals surface area contributed by atoms with E-state index in [4.69, 9.17) is 23.2 Å². The van der Waals surface area contributed by atoms with E-state index in [1.165, 1.54) is 12.3 Å². The van der Waals surface area contributed by atoms with Crippen LogP contribution in [0, 0.1) is 0 Å². The van der Waals surface area contributed by atoms with Crippen molar-refractivity contribution in [3.63, 3.8) is 0 Å². The molecule has 0 spiro atoms. The van der Waals surface area contributed by atoms with Crippen LogP contribution in [0.5, 0.6) is 0 Å². The fourth-order valence-electron chi connectivity index (χ4n) is 2.42. The fraction of sp³-hybridized carbons (Fsp3) is 0.0952. The second-order valence-corrected chi connectivity index (χ2v) is 6.92. The molecule has 0 radical (unpaired) electrons. The number of nitrogens with zero attached hydrogens (tertiary/aromatic N) is 1. The van der Waals surface area contributed by atoms with E-state index in [-0.39, 0.29) is 17.5 Å². The van der Waals surface area contributed by atoms with Gasteiger partial charge in [0.25, 0.3) is 11.8 Å². The highest BCUT2D eigenvalue weighted by Crippen LogP contribution is 2.10. The number of pyridine rings is 1. The molecule has 0 fully saturated rings. The van der Waals surface area contributed by atoms with Crippen molar-refractivity contribution < 1.29 is 9.59 Å². The third kappa shape index (κ3) is 5.55. The average Bonchev–Trinajstić information content (AvgIpc) is 2.72. The number of rotatable bonds is 6. The van der Waals surface area contributed by atoms with Crippen LogP contribution >= 0.6 is 23.2 Å². The Morgan fingerprint density at radius 1 is 0.714 bits per heavy atom. The number of hydrogen-bond acceptors (Lipinski definition) is 3. The van der Waals surface area contributed by atoms with Crippen LogP contribution in [0.3, 0.4) is 0 Å². The van der Waals surface area contributed by atoms with E-state index < -0.39 is 0 Å². The summed E-state index contributed by atoms with van der Waals surface area (Å²) in [7, 11) is 0. The molecular formula is C21H17Cl2N3O2. The molecule has 2 N–H and O–H groups in total. The molecule has 0 aliphatic rings. The summed E-state index contributed by atoms with van der Waals surface area (Å²) in [4.78, 5) is 28.5. The van der Waals surface area contributed by atoms with Crippen molar-refractivity contribution in [2.75, 3.05) is 0 Å². The Morgan fingerprint density at radius 3 is 1.68 bits per heavy atom. The maximum Gasteiger partial charge on any atom is 0.270 e. The van der Waals surface area contributed by atoms with Gasteiger partial charge in [0, 0.05) is 29.3 Å². The lowest BCUT2D eigenvalue weighted by atomic mass is 10.2. The Kier molecular flexibility index (Phi) is 6.63. The van der Waals surface area contributed by atoms with Gasteiger partial charge in [0.1, 0.15) is 5.69 Å². The summed E-state index contributed by atoms with van der Waals surface area (Å²) < 4.78 is 0. The summed E-state index contributed by atoms with van der Waals surface area (Å²) in [6, 6.07) is 17.5. The van der Waals surface area contributed by atoms with Gasteiger partial charge in [0.2, 0.25) is 0 Å². The van der Waals surface area contributed by atoms with Gasteiger partial charge in [-0.15, -0.1) is 0 Å². The Hall–Kier alpha value is -2.89. The summed E-state index contributed by atoms with van der Waals surface area (Å²) in [5.41, 5.74) is 2.48. The summed E-state index contributed by atoms with van der Waals surface area (Å²) in [6.45, 7) is 0.736. The molecular weight excluding hydrogens is 397 g/mol. The number of carbonyl (C=O) groups excluding carboxylic acids is 2. The average molecular weight is 414 g/mol. The first-order valence-corrected chi connectivity index (χ1v) is 9.28. The molecule has 2 aromatic carbocycles. The van der Waals surface area contributed by atoms with Gasteiger partial charge in [0.05, 0.1) is 5.56 Å². The smallest absolute Gasteiger partial charge is 0.270 e. The van der Waals surface area contributed by atoms with E-state index >= 15 is 0 Å². The van der Waals surface area contributed by atoms with E-state index in [0.717, 1.165) is 11.1 Å². The SMILES string of the molecule is O=C(NCc1ccc(Cl)cc1)c1ccc(C(=O)NCc2ccc(Cl)cc2)nc1. The van der Waals surface area contributed by atoms with E-state index in [1.807, 2.05) is 24.3 Å². The van der Waals surface area contributed by atoms with Crippen LogP contribution in [-0.2, 0) is 13.1 Å². The Labute approximate surface area is 172 Å². The molecule has 0 unspecified atom stereocenters. The highest BCUT2D eigenvalue weighted by Gasteiger charge is 2.10. The Bertz CT molecular complexity index is 876. The Morgan fingerprint density at radius 2 is 1.21 bits per heavy atom. The standard InChI is InChI=1S/C21H17Cl2N3O2/c22-17-6-1-14(2-7-17)11-25-20(27)16-5-10-19(24-13-16)21(28)26-12-15-3-8-18(23)9-4-15/h1-10,13H,11-12H2,(H,25,27)(H,26,28). The first-order valence-electron chi connectivity index (χ1n) is 8.52. The fourth-order valence-corrected chi connectivity index (χ4v) is 2.68. The van der Waals surface area contributed by atoms with Crippen molar-refractivity contribution in [3.05, 3.63) is 99.3 Å². The van der Waals surface area contributed by atoms with Gasteiger partial charge in [-0.3, -0.25) is 14.6 Å². The number of benzene rings is 2. The van der Waals surface area contributed by atoms with Crippen molar-refractivity contribution in [3.8, 4) is 0 Å². The molecule has 7 heteroatoms. The third-order valence-electron chi connectivity index (χ3n) is 3.99. The Balaban J connectivity index is 1.53. The summed E-state index contributed by atoms with van der Waals surface area (Å²) in [6.07, 6.45) is 1.38. The summed E-state index contributed by atoms with van der Waals surface area (Å²) in [5.74, 6) is -0.585. The van der Waals surface area contributed by atoms with Gasteiger partial charge >= 0.3 is 0 Å². The molecule has 0 bridgehead atoms. The molecule has 5 nitrogen and oxygen atoms in total. The summed E-state index contributed by atoms with van der Waals surface area (Å²) >= 11 is 11.7. The molecule has 0 atom stereocenters. The molecule has 0 aliphatic carbocycles. The van der Waals surface area contributed by atoms with Crippen molar-refractivity contribution in [1.29, 1.82) is 0 Å². The van der Waals surface area contributed by atoms with Gasteiger partial charge in [0.15, 0.2) is 0 Å². The lowest BCUT2D eigenvalue weighted by Crippen LogP contribution is -2.25. The van der Waals surface area contributed by atoms with Gasteiger partial charge < -0.3 is 10.6 Å². The minimum atomic E-state index is -0.317. The number of hydrogen-bond donors (Lipinski definition) is 2.